The Kier molecular flexibility index (Phi) is 7.48. The van der Waals surface area contributed by atoms with Crippen molar-refractivity contribution < 1.29 is 36.7 Å². The average molecular weight is 667 g/mol. The fraction of sp³-hybridized carbons (Fsp3) is 0.556. The van der Waals surface area contributed by atoms with E-state index in [4.69, 9.17) is 9.26 Å². The number of alkyl halides is 4. The van der Waals surface area contributed by atoms with Crippen molar-refractivity contribution in [3.63, 3.8) is 0 Å². The molecule has 5 saturated carbocycles. The summed E-state index contributed by atoms with van der Waals surface area (Å²) in [7, 11) is 0. The van der Waals surface area contributed by atoms with Crippen molar-refractivity contribution in [2.75, 3.05) is 11.4 Å². The smallest absolute Gasteiger partial charge is 0.417 e. The van der Waals surface area contributed by atoms with Crippen LogP contribution in [0, 0.1) is 22.7 Å². The van der Waals surface area contributed by atoms with E-state index in [9.17, 15) is 32.7 Å². The molecule has 1 aromatic heterocycles. The van der Waals surface area contributed by atoms with Gasteiger partial charge in [0.05, 0.1) is 0 Å². The SMILES string of the molecule is CC(C)(C#N)Oc1ccc(-c2cccc(N(CC34CCC(c5noc(C6(F)CC6)n5)(CC3)CC4)C(=O)C3CC(O)(C(F)(F)F)C3)c2)cc1. The molecule has 3 aromatic rings. The zero-order valence-corrected chi connectivity index (χ0v) is 26.9. The lowest BCUT2D eigenvalue weighted by atomic mass is 9.53. The summed E-state index contributed by atoms with van der Waals surface area (Å²) in [6, 6.07) is 16.7. The minimum atomic E-state index is -4.81. The summed E-state index contributed by atoms with van der Waals surface area (Å²) in [4.78, 5) is 20.2. The third-order valence-electron chi connectivity index (χ3n) is 11.2. The van der Waals surface area contributed by atoms with Crippen LogP contribution in [0.2, 0.25) is 0 Å². The predicted molar refractivity (Wildman–Crippen MR) is 166 cm³/mol. The highest BCUT2D eigenvalue weighted by atomic mass is 19.4. The number of carbonyl (C=O) groups excluding carboxylic acids is 1. The van der Waals surface area contributed by atoms with E-state index in [-0.39, 0.29) is 16.7 Å². The van der Waals surface area contributed by atoms with Crippen LogP contribution >= 0.6 is 0 Å². The second-order valence-electron chi connectivity index (χ2n) is 15.0. The predicted octanol–water partition coefficient (Wildman–Crippen LogP) is 7.70. The van der Waals surface area contributed by atoms with Gasteiger partial charge in [-0.1, -0.05) is 29.4 Å². The van der Waals surface area contributed by atoms with Gasteiger partial charge in [0.25, 0.3) is 5.89 Å². The molecule has 5 aliphatic rings. The maximum Gasteiger partial charge on any atom is 0.417 e. The number of aromatic nitrogens is 2. The zero-order valence-electron chi connectivity index (χ0n) is 26.9. The van der Waals surface area contributed by atoms with Crippen molar-refractivity contribution in [1.82, 2.24) is 10.1 Å². The highest BCUT2D eigenvalue weighted by molar-refractivity contribution is 5.96. The number of halogens is 4. The second kappa shape index (κ2) is 11.0. The largest absolute Gasteiger partial charge is 0.473 e. The molecule has 2 aromatic carbocycles. The number of carbonyl (C=O) groups is 1. The number of amides is 1. The summed E-state index contributed by atoms with van der Waals surface area (Å²) < 4.78 is 66.3. The van der Waals surface area contributed by atoms with Crippen LogP contribution in [0.4, 0.5) is 23.2 Å². The van der Waals surface area contributed by atoms with Crippen LogP contribution in [0.5, 0.6) is 5.75 Å². The molecule has 48 heavy (non-hydrogen) atoms. The maximum atomic E-state index is 14.6. The van der Waals surface area contributed by atoms with E-state index in [1.54, 1.807) is 36.9 Å². The van der Waals surface area contributed by atoms with Crippen LogP contribution < -0.4 is 9.64 Å². The molecule has 2 bridgehead atoms. The van der Waals surface area contributed by atoms with Gasteiger partial charge < -0.3 is 19.3 Å². The van der Waals surface area contributed by atoms with Crippen molar-refractivity contribution >= 4 is 11.6 Å². The third kappa shape index (κ3) is 5.74. The monoisotopic (exact) mass is 666 g/mol. The lowest BCUT2D eigenvalue weighted by molar-refractivity contribution is -0.295. The molecule has 12 heteroatoms. The van der Waals surface area contributed by atoms with E-state index in [0.717, 1.165) is 49.7 Å². The third-order valence-corrected chi connectivity index (χ3v) is 11.2. The highest BCUT2D eigenvalue weighted by Gasteiger charge is 2.63. The molecule has 1 N–H and O–H groups in total. The van der Waals surface area contributed by atoms with E-state index in [0.29, 0.717) is 36.6 Å². The summed E-state index contributed by atoms with van der Waals surface area (Å²) in [5.74, 6) is -0.266. The Morgan fingerprint density at radius 3 is 2.25 bits per heavy atom. The van der Waals surface area contributed by atoms with Crippen LogP contribution in [-0.2, 0) is 15.9 Å². The van der Waals surface area contributed by atoms with Crippen molar-refractivity contribution in [2.24, 2.45) is 11.3 Å². The van der Waals surface area contributed by atoms with Gasteiger partial charge in [-0.2, -0.15) is 23.4 Å². The first-order chi connectivity index (χ1) is 22.6. The van der Waals surface area contributed by atoms with Gasteiger partial charge in [-0.3, -0.25) is 4.79 Å². The van der Waals surface area contributed by atoms with Gasteiger partial charge in [0.15, 0.2) is 22.7 Å². The van der Waals surface area contributed by atoms with Gasteiger partial charge in [0.1, 0.15) is 11.8 Å². The minimum Gasteiger partial charge on any atom is -0.473 e. The number of hydrogen-bond donors (Lipinski definition) is 1. The van der Waals surface area contributed by atoms with Gasteiger partial charge in [0, 0.05) is 23.6 Å². The number of nitrogens with zero attached hydrogens (tertiary/aromatic N) is 4. The summed E-state index contributed by atoms with van der Waals surface area (Å²) in [5.41, 5.74) is -3.75. The number of aliphatic hydroxyl groups is 1. The molecule has 8 rings (SSSR count). The molecule has 0 aliphatic heterocycles. The first-order valence-corrected chi connectivity index (χ1v) is 16.5. The molecule has 5 aliphatic carbocycles. The molecule has 1 amide bonds. The highest BCUT2D eigenvalue weighted by Crippen LogP contribution is 2.59. The number of anilines is 1. The standard InChI is InChI=1S/C36H38F4N4O4/c1-31(2,21-41)47-27-8-6-23(7-9-27)24-4-3-5-26(18-24)44(28(45)25-19-35(46,20-25)36(38,39)40)22-32-10-13-33(14-11-32,15-12-32)29-42-30(48-43-29)34(37)16-17-34/h3-9,18,25,46H,10-17,19-20,22H2,1-2H3. The lowest BCUT2D eigenvalue weighted by Gasteiger charge is -2.54. The Bertz CT molecular complexity index is 1730. The van der Waals surface area contributed by atoms with Gasteiger partial charge in [-0.15, -0.1) is 0 Å². The molecule has 0 atom stereocenters. The fourth-order valence-electron chi connectivity index (χ4n) is 7.68. The molecule has 0 unspecified atom stereocenters. The number of fused-ring (bicyclic) bond motifs is 3. The summed E-state index contributed by atoms with van der Waals surface area (Å²) >= 11 is 0. The first kappa shape index (κ1) is 32.6. The lowest BCUT2D eigenvalue weighted by Crippen LogP contribution is -2.60. The molecule has 8 nitrogen and oxygen atoms in total. The number of rotatable bonds is 9. The van der Waals surface area contributed by atoms with Crippen molar-refractivity contribution in [1.29, 1.82) is 5.26 Å². The fourth-order valence-corrected chi connectivity index (χ4v) is 7.68. The molecule has 0 spiro atoms. The van der Waals surface area contributed by atoms with Crippen LogP contribution in [0.25, 0.3) is 11.1 Å². The molecule has 254 valence electrons. The number of benzene rings is 2. The Balaban J connectivity index is 1.13. The number of hydrogen-bond acceptors (Lipinski definition) is 7. The van der Waals surface area contributed by atoms with Gasteiger partial charge in [-0.05, 0) is 119 Å². The maximum absolute atomic E-state index is 14.6. The topological polar surface area (TPSA) is 112 Å². The number of nitriles is 1. The van der Waals surface area contributed by atoms with Crippen LogP contribution in [0.15, 0.2) is 53.1 Å². The van der Waals surface area contributed by atoms with Crippen LogP contribution in [-0.4, -0.2) is 45.1 Å². The van der Waals surface area contributed by atoms with Crippen molar-refractivity contribution in [3.05, 3.63) is 60.2 Å². The summed E-state index contributed by atoms with van der Waals surface area (Å²) in [5, 5.41) is 23.7. The minimum absolute atomic E-state index is 0.0541. The van der Waals surface area contributed by atoms with Crippen molar-refractivity contribution in [3.8, 4) is 22.9 Å². The molecule has 0 saturated heterocycles. The average Bonchev–Trinajstić information content (AvgIpc) is 3.59. The van der Waals surface area contributed by atoms with Crippen LogP contribution in [0.1, 0.15) is 89.8 Å². The Hall–Kier alpha value is -3.98. The Labute approximate surface area is 276 Å². The van der Waals surface area contributed by atoms with E-state index >= 15 is 0 Å². The quantitative estimate of drug-likeness (QED) is 0.233. The van der Waals surface area contributed by atoms with Gasteiger partial charge in [0.2, 0.25) is 5.91 Å². The van der Waals surface area contributed by atoms with Gasteiger partial charge >= 0.3 is 6.18 Å². The normalized spacial score (nSPS) is 29.1. The Morgan fingerprint density at radius 2 is 1.67 bits per heavy atom. The molecular formula is C36H38F4N4O4. The summed E-state index contributed by atoms with van der Waals surface area (Å²) in [6.07, 6.45) is -0.912. The van der Waals surface area contributed by atoms with E-state index < -0.39 is 47.7 Å². The second-order valence-corrected chi connectivity index (χ2v) is 15.0. The zero-order chi connectivity index (χ0) is 34.2. The number of ether oxygens (including phenoxy) is 1. The molecule has 1 heterocycles. The van der Waals surface area contributed by atoms with Crippen molar-refractivity contribution in [2.45, 2.75) is 107 Å². The van der Waals surface area contributed by atoms with E-state index in [2.05, 4.69) is 16.2 Å². The first-order valence-electron chi connectivity index (χ1n) is 16.5. The van der Waals surface area contributed by atoms with E-state index in [1.807, 2.05) is 30.3 Å². The molecule has 5 fully saturated rings. The summed E-state index contributed by atoms with van der Waals surface area (Å²) in [6.45, 7) is 3.66. The van der Waals surface area contributed by atoms with E-state index in [1.165, 1.54) is 0 Å². The Morgan fingerprint density at radius 1 is 1.02 bits per heavy atom. The van der Waals surface area contributed by atoms with Gasteiger partial charge in [-0.25, -0.2) is 4.39 Å². The van der Waals surface area contributed by atoms with Crippen LogP contribution in [0.3, 0.4) is 0 Å². The molecule has 0 radical (unpaired) electrons. The molecular weight excluding hydrogens is 628 g/mol.